The summed E-state index contributed by atoms with van der Waals surface area (Å²) in [6.07, 6.45) is -3.23. The molecule has 0 heterocycles. The van der Waals surface area contributed by atoms with E-state index in [1.165, 1.54) is 0 Å². The summed E-state index contributed by atoms with van der Waals surface area (Å²) in [6.45, 7) is 1.84. The summed E-state index contributed by atoms with van der Waals surface area (Å²) in [4.78, 5) is -1.37. The van der Waals surface area contributed by atoms with Crippen molar-refractivity contribution in [3.8, 4) is 5.75 Å². The zero-order valence-corrected chi connectivity index (χ0v) is 14.1. The Bertz CT molecular complexity index is 715. The highest BCUT2D eigenvalue weighted by Gasteiger charge is 2.55. The van der Waals surface area contributed by atoms with Crippen LogP contribution < -0.4 is 4.74 Å². The second-order valence-electron chi connectivity index (χ2n) is 5.09. The van der Waals surface area contributed by atoms with E-state index < -0.39 is 49.8 Å². The molecule has 0 saturated heterocycles. The first-order valence-electron chi connectivity index (χ1n) is 7.04. The van der Waals surface area contributed by atoms with E-state index in [1.807, 2.05) is 0 Å². The van der Waals surface area contributed by atoms with Gasteiger partial charge in [-0.25, -0.2) is 17.2 Å². The van der Waals surface area contributed by atoms with Gasteiger partial charge in [-0.2, -0.15) is 13.2 Å². The van der Waals surface area contributed by atoms with E-state index >= 15 is 0 Å². The lowest BCUT2D eigenvalue weighted by molar-refractivity contribution is -0.0978. The molecule has 0 aromatic heterocycles. The van der Waals surface area contributed by atoms with Crippen LogP contribution in [0, 0.1) is 0 Å². The Morgan fingerprint density at radius 1 is 1.28 bits per heavy atom. The molecule has 0 fully saturated rings. The van der Waals surface area contributed by atoms with Crippen molar-refractivity contribution in [1.82, 2.24) is 0 Å². The molecule has 0 unspecified atom stereocenters. The number of fused-ring (bicyclic) bond motifs is 1. The van der Waals surface area contributed by atoms with Crippen molar-refractivity contribution in [1.29, 1.82) is 0 Å². The lowest BCUT2D eigenvalue weighted by Crippen LogP contribution is -2.26. The van der Waals surface area contributed by atoms with E-state index in [0.717, 1.165) is 13.2 Å². The molecule has 1 aliphatic carbocycles. The molecule has 2 rings (SSSR count). The minimum Gasteiger partial charge on any atom is -0.493 e. The number of hydrogen-bond acceptors (Lipinski definition) is 5. The Morgan fingerprint density at radius 2 is 1.84 bits per heavy atom. The van der Waals surface area contributed by atoms with Gasteiger partial charge in [-0.15, -0.1) is 0 Å². The molecular formula is C14H17F5O5S. The highest BCUT2D eigenvalue weighted by Crippen LogP contribution is 2.50. The second-order valence-corrected chi connectivity index (χ2v) is 7.00. The molecule has 1 aromatic carbocycles. The van der Waals surface area contributed by atoms with Gasteiger partial charge in [-0.1, -0.05) is 6.92 Å². The Kier molecular flexibility index (Phi) is 6.41. The van der Waals surface area contributed by atoms with Gasteiger partial charge in [0, 0.05) is 24.7 Å². The van der Waals surface area contributed by atoms with Crippen molar-refractivity contribution in [2.45, 2.75) is 42.2 Å². The predicted molar refractivity (Wildman–Crippen MR) is 77.2 cm³/mol. The van der Waals surface area contributed by atoms with Gasteiger partial charge in [0.15, 0.2) is 0 Å². The van der Waals surface area contributed by atoms with Crippen LogP contribution in [0.25, 0.3) is 0 Å². The largest absolute Gasteiger partial charge is 0.501 e. The van der Waals surface area contributed by atoms with Gasteiger partial charge in [0.25, 0.3) is 15.8 Å². The van der Waals surface area contributed by atoms with Gasteiger partial charge in [0.1, 0.15) is 11.9 Å². The van der Waals surface area contributed by atoms with Crippen molar-refractivity contribution in [2.75, 3.05) is 13.7 Å². The molecule has 0 radical (unpaired) electrons. The van der Waals surface area contributed by atoms with Crippen LogP contribution in [0.2, 0.25) is 0 Å². The van der Waals surface area contributed by atoms with Crippen LogP contribution >= 0.6 is 0 Å². The maximum Gasteiger partial charge on any atom is 0.501 e. The third kappa shape index (κ3) is 3.87. The van der Waals surface area contributed by atoms with Gasteiger partial charge in [-0.05, 0) is 18.6 Å². The van der Waals surface area contributed by atoms with Gasteiger partial charge >= 0.3 is 5.51 Å². The Labute approximate surface area is 141 Å². The van der Waals surface area contributed by atoms with Crippen LogP contribution in [0.1, 0.15) is 30.6 Å². The highest BCUT2D eigenvalue weighted by atomic mass is 32.2. The molecule has 1 atom stereocenters. The number of sulfone groups is 1. The molecule has 5 nitrogen and oxygen atoms in total. The fourth-order valence-corrected chi connectivity index (χ4v) is 3.38. The molecule has 0 amide bonds. The number of benzene rings is 1. The summed E-state index contributed by atoms with van der Waals surface area (Å²) >= 11 is 0. The molecule has 1 aromatic rings. The van der Waals surface area contributed by atoms with Crippen LogP contribution in [-0.2, 0) is 16.3 Å². The first-order chi connectivity index (χ1) is 11.4. The van der Waals surface area contributed by atoms with Gasteiger partial charge in [0.2, 0.25) is 0 Å². The molecule has 0 aliphatic heterocycles. The van der Waals surface area contributed by atoms with Crippen molar-refractivity contribution < 1.29 is 45.3 Å². The van der Waals surface area contributed by atoms with E-state index in [2.05, 4.69) is 0 Å². The molecule has 11 heteroatoms. The average molecular weight is 392 g/mol. The topological polar surface area (TPSA) is 83.8 Å². The molecule has 2 N–H and O–H groups in total. The van der Waals surface area contributed by atoms with E-state index in [4.69, 9.17) is 9.84 Å². The van der Waals surface area contributed by atoms with Crippen LogP contribution in [0.3, 0.4) is 0 Å². The van der Waals surface area contributed by atoms with Gasteiger partial charge < -0.3 is 14.9 Å². The summed E-state index contributed by atoms with van der Waals surface area (Å²) in [5.74, 6) is -3.93. The van der Waals surface area contributed by atoms with E-state index in [0.29, 0.717) is 12.5 Å². The fourth-order valence-electron chi connectivity index (χ4n) is 2.36. The number of ether oxygens (including phenoxy) is 1. The van der Waals surface area contributed by atoms with Crippen LogP contribution in [0.4, 0.5) is 22.0 Å². The van der Waals surface area contributed by atoms with Gasteiger partial charge in [0.05, 0.1) is 11.5 Å². The predicted octanol–water partition coefficient (Wildman–Crippen LogP) is 2.60. The van der Waals surface area contributed by atoms with Gasteiger partial charge in [-0.3, -0.25) is 0 Å². The average Bonchev–Trinajstić information content (AvgIpc) is 2.76. The Balaban J connectivity index is 0.00000151. The molecule has 0 bridgehead atoms. The monoisotopic (exact) mass is 392 g/mol. The van der Waals surface area contributed by atoms with Crippen LogP contribution in [0.5, 0.6) is 5.75 Å². The summed E-state index contributed by atoms with van der Waals surface area (Å²) < 4.78 is 93.9. The smallest absolute Gasteiger partial charge is 0.493 e. The second kappa shape index (κ2) is 7.42. The molecule has 25 heavy (non-hydrogen) atoms. The first kappa shape index (κ1) is 21.6. The standard InChI is InChI=1S/C13H13F5O4S.CH4O/c1-2-5-22-8-3-4-9(23(20,21)13(16,17)18)10-7(8)6-12(14,15)11(10)19;1-2/h3-4,11,19H,2,5-6H2,1H3;2H,1H3/t11-;/m0./s1. The van der Waals surface area contributed by atoms with Crippen LogP contribution in [0.15, 0.2) is 17.0 Å². The maximum absolute atomic E-state index is 13.7. The fraction of sp³-hybridized carbons (Fsp3) is 0.571. The molecule has 0 spiro atoms. The summed E-state index contributed by atoms with van der Waals surface area (Å²) in [6, 6.07) is 1.44. The maximum atomic E-state index is 13.7. The Morgan fingerprint density at radius 3 is 2.32 bits per heavy atom. The summed E-state index contributed by atoms with van der Waals surface area (Å²) in [5.41, 5.74) is -7.02. The number of alkyl halides is 5. The minimum atomic E-state index is -5.87. The molecule has 144 valence electrons. The van der Waals surface area contributed by atoms with Crippen LogP contribution in [-0.4, -0.2) is 43.8 Å². The SMILES string of the molecule is CCCOc1ccc(S(=O)(=O)C(F)(F)F)c2c1CC(F)(F)[C@H]2O.CO. The van der Waals surface area contributed by atoms with Crippen molar-refractivity contribution in [3.05, 3.63) is 23.3 Å². The van der Waals surface area contributed by atoms with E-state index in [9.17, 15) is 35.5 Å². The number of aliphatic hydroxyl groups is 2. The number of rotatable bonds is 4. The molecule has 0 saturated carbocycles. The first-order valence-corrected chi connectivity index (χ1v) is 8.52. The van der Waals surface area contributed by atoms with Crippen molar-refractivity contribution in [2.24, 2.45) is 0 Å². The quantitative estimate of drug-likeness (QED) is 0.770. The molecule has 1 aliphatic rings. The minimum absolute atomic E-state index is 0.111. The lowest BCUT2D eigenvalue weighted by atomic mass is 10.1. The zero-order valence-electron chi connectivity index (χ0n) is 13.3. The Hall–Kier alpha value is -1.46. The summed E-state index contributed by atoms with van der Waals surface area (Å²) in [5, 5.41) is 16.6. The normalized spacial score (nSPS) is 19.0. The number of halogens is 5. The zero-order chi connectivity index (χ0) is 19.6. The third-order valence-corrected chi connectivity index (χ3v) is 4.96. The third-order valence-electron chi connectivity index (χ3n) is 3.42. The summed E-state index contributed by atoms with van der Waals surface area (Å²) in [7, 11) is -4.87. The number of hydrogen-bond donors (Lipinski definition) is 2. The van der Waals surface area contributed by atoms with E-state index in [-0.39, 0.29) is 12.4 Å². The molecular weight excluding hydrogens is 375 g/mol. The number of aliphatic hydroxyl groups excluding tert-OH is 2. The highest BCUT2D eigenvalue weighted by molar-refractivity contribution is 7.92. The van der Waals surface area contributed by atoms with Crippen molar-refractivity contribution >= 4 is 9.84 Å². The van der Waals surface area contributed by atoms with E-state index in [1.54, 1.807) is 6.92 Å². The lowest BCUT2D eigenvalue weighted by Gasteiger charge is -2.17. The van der Waals surface area contributed by atoms with Crippen molar-refractivity contribution in [3.63, 3.8) is 0 Å².